The summed E-state index contributed by atoms with van der Waals surface area (Å²) in [5.41, 5.74) is 1.88. The smallest absolute Gasteiger partial charge is 0.343 e. The fourth-order valence-electron chi connectivity index (χ4n) is 2.90. The molecule has 5 nitrogen and oxygen atoms in total. The molecule has 1 N–H and O–H groups in total. The number of carbonyl (C=O) groups is 1. The van der Waals surface area contributed by atoms with Gasteiger partial charge in [-0.25, -0.2) is 9.78 Å². The minimum absolute atomic E-state index is 0.0561. The van der Waals surface area contributed by atoms with E-state index in [-0.39, 0.29) is 18.5 Å². The molecular formula is C21H23N3O2S. The lowest BCUT2D eigenvalue weighted by atomic mass is 9.95. The Morgan fingerprint density at radius 2 is 1.93 bits per heavy atom. The van der Waals surface area contributed by atoms with Crippen LogP contribution in [0.5, 0.6) is 0 Å². The Hall–Kier alpha value is -2.73. The first-order valence-corrected chi connectivity index (χ1v) is 9.90. The third-order valence-electron chi connectivity index (χ3n) is 4.68. The van der Waals surface area contributed by atoms with Gasteiger partial charge < -0.3 is 5.32 Å². The van der Waals surface area contributed by atoms with Gasteiger partial charge in [0.1, 0.15) is 6.54 Å². The summed E-state index contributed by atoms with van der Waals surface area (Å²) in [5, 5.41) is 5.05. The van der Waals surface area contributed by atoms with Gasteiger partial charge in [-0.2, -0.15) is 0 Å². The van der Waals surface area contributed by atoms with Crippen molar-refractivity contribution in [2.45, 2.75) is 38.8 Å². The van der Waals surface area contributed by atoms with Crippen LogP contribution < -0.4 is 11.0 Å². The van der Waals surface area contributed by atoms with E-state index in [1.165, 1.54) is 16.3 Å². The Balaban J connectivity index is 1.81. The molecule has 0 saturated heterocycles. The van der Waals surface area contributed by atoms with E-state index in [1.807, 2.05) is 17.5 Å². The molecule has 0 bridgehead atoms. The Morgan fingerprint density at radius 1 is 1.19 bits per heavy atom. The average Bonchev–Trinajstić information content (AvgIpc) is 3.22. The molecule has 2 heterocycles. The second-order valence-electron chi connectivity index (χ2n) is 6.52. The summed E-state index contributed by atoms with van der Waals surface area (Å²) >= 11 is 1.60. The van der Waals surface area contributed by atoms with Crippen molar-refractivity contribution >= 4 is 17.2 Å². The number of hydrogen-bond acceptors (Lipinski definition) is 4. The Kier molecular flexibility index (Phi) is 6.19. The van der Waals surface area contributed by atoms with Crippen molar-refractivity contribution in [3.05, 3.63) is 86.7 Å². The van der Waals surface area contributed by atoms with Crippen LogP contribution in [0.25, 0.3) is 0 Å². The lowest BCUT2D eigenvalue weighted by molar-refractivity contribution is -0.122. The van der Waals surface area contributed by atoms with Gasteiger partial charge in [-0.15, -0.1) is 11.3 Å². The topological polar surface area (TPSA) is 64.0 Å². The van der Waals surface area contributed by atoms with Crippen LogP contribution in [0, 0.1) is 0 Å². The Morgan fingerprint density at radius 3 is 2.56 bits per heavy atom. The maximum Gasteiger partial charge on any atom is 0.347 e. The van der Waals surface area contributed by atoms with Crippen molar-refractivity contribution in [3.63, 3.8) is 0 Å². The zero-order valence-corrected chi connectivity index (χ0v) is 16.3. The number of carbonyl (C=O) groups excluding carboxylic acids is 1. The highest BCUT2D eigenvalue weighted by Gasteiger charge is 2.18. The molecule has 0 aliphatic heterocycles. The highest BCUT2D eigenvalue weighted by Crippen LogP contribution is 2.28. The van der Waals surface area contributed by atoms with Crippen molar-refractivity contribution in [2.24, 2.45) is 0 Å². The molecule has 0 fully saturated rings. The highest BCUT2D eigenvalue weighted by molar-refractivity contribution is 7.10. The van der Waals surface area contributed by atoms with E-state index in [4.69, 9.17) is 0 Å². The highest BCUT2D eigenvalue weighted by atomic mass is 32.1. The predicted molar refractivity (Wildman–Crippen MR) is 108 cm³/mol. The fourth-order valence-corrected chi connectivity index (χ4v) is 3.70. The molecule has 1 aromatic carbocycles. The standard InChI is InChI=1S/C21H23N3O2S/c1-3-15(2)16-7-9-17(10-8-16)20(18-6-4-13-27-18)23-19(25)14-24-12-5-11-22-21(24)26/h4-13,15,20H,3,14H2,1-2H3,(H,23,25)/t15-,20-/m1/s1. The molecule has 6 heteroatoms. The second kappa shape index (κ2) is 8.77. The van der Waals surface area contributed by atoms with E-state index >= 15 is 0 Å². The quantitative estimate of drug-likeness (QED) is 0.678. The maximum atomic E-state index is 12.6. The van der Waals surface area contributed by atoms with E-state index in [2.05, 4.69) is 48.4 Å². The number of rotatable bonds is 7. The summed E-state index contributed by atoms with van der Waals surface area (Å²) in [6, 6.07) is 13.8. The molecule has 0 radical (unpaired) electrons. The summed E-state index contributed by atoms with van der Waals surface area (Å²) in [4.78, 5) is 29.1. The zero-order chi connectivity index (χ0) is 19.2. The van der Waals surface area contributed by atoms with Crippen molar-refractivity contribution < 1.29 is 4.79 Å². The molecule has 3 aromatic rings. The summed E-state index contributed by atoms with van der Waals surface area (Å²) in [6.07, 6.45) is 4.07. The first-order valence-electron chi connectivity index (χ1n) is 9.02. The van der Waals surface area contributed by atoms with Gasteiger partial charge in [0, 0.05) is 17.3 Å². The normalized spacial score (nSPS) is 13.1. The number of thiophene rings is 1. The summed E-state index contributed by atoms with van der Waals surface area (Å²) in [7, 11) is 0. The predicted octanol–water partition coefficient (Wildman–Crippen LogP) is 3.72. The number of benzene rings is 1. The number of hydrogen-bond donors (Lipinski definition) is 1. The van der Waals surface area contributed by atoms with Gasteiger partial charge in [0.2, 0.25) is 5.91 Å². The number of amides is 1. The van der Waals surface area contributed by atoms with Crippen LogP contribution in [0.3, 0.4) is 0 Å². The number of aromatic nitrogens is 2. The van der Waals surface area contributed by atoms with Crippen LogP contribution in [-0.2, 0) is 11.3 Å². The molecule has 0 aliphatic rings. The van der Waals surface area contributed by atoms with Gasteiger partial charge in [0.15, 0.2) is 0 Å². The molecule has 0 aliphatic carbocycles. The van der Waals surface area contributed by atoms with Crippen molar-refractivity contribution in [2.75, 3.05) is 0 Å². The first kappa shape index (κ1) is 19.0. The zero-order valence-electron chi connectivity index (χ0n) is 15.5. The average molecular weight is 382 g/mol. The van der Waals surface area contributed by atoms with Crippen LogP contribution in [0.1, 0.15) is 48.2 Å². The van der Waals surface area contributed by atoms with Crippen LogP contribution in [-0.4, -0.2) is 15.5 Å². The Bertz CT molecular complexity index is 933. The van der Waals surface area contributed by atoms with Crippen LogP contribution in [0.4, 0.5) is 0 Å². The van der Waals surface area contributed by atoms with Crippen LogP contribution >= 0.6 is 11.3 Å². The lowest BCUT2D eigenvalue weighted by Gasteiger charge is -2.19. The van der Waals surface area contributed by atoms with Gasteiger partial charge in [-0.05, 0) is 41.0 Å². The largest absolute Gasteiger partial charge is 0.347 e. The minimum atomic E-state index is -0.432. The first-order chi connectivity index (χ1) is 13.1. The van der Waals surface area contributed by atoms with E-state index in [0.29, 0.717) is 5.92 Å². The van der Waals surface area contributed by atoms with Crippen molar-refractivity contribution in [1.82, 2.24) is 14.9 Å². The van der Waals surface area contributed by atoms with E-state index in [0.717, 1.165) is 16.9 Å². The van der Waals surface area contributed by atoms with Crippen LogP contribution in [0.2, 0.25) is 0 Å². The lowest BCUT2D eigenvalue weighted by Crippen LogP contribution is -2.35. The molecule has 2 aromatic heterocycles. The monoisotopic (exact) mass is 381 g/mol. The molecule has 0 unspecified atom stereocenters. The van der Waals surface area contributed by atoms with E-state index < -0.39 is 5.69 Å². The van der Waals surface area contributed by atoms with E-state index in [1.54, 1.807) is 23.6 Å². The van der Waals surface area contributed by atoms with Crippen molar-refractivity contribution in [3.8, 4) is 0 Å². The molecule has 140 valence electrons. The number of nitrogens with zero attached hydrogens (tertiary/aromatic N) is 2. The third kappa shape index (κ3) is 4.71. The van der Waals surface area contributed by atoms with Gasteiger partial charge >= 0.3 is 5.69 Å². The number of nitrogens with one attached hydrogen (secondary N) is 1. The molecule has 1 amide bonds. The summed E-state index contributed by atoms with van der Waals surface area (Å²) < 4.78 is 1.30. The summed E-state index contributed by atoms with van der Waals surface area (Å²) in [5.74, 6) is 0.279. The van der Waals surface area contributed by atoms with Gasteiger partial charge in [-0.1, -0.05) is 44.2 Å². The van der Waals surface area contributed by atoms with Crippen molar-refractivity contribution in [1.29, 1.82) is 0 Å². The minimum Gasteiger partial charge on any atom is -0.343 e. The molecular weight excluding hydrogens is 358 g/mol. The van der Waals surface area contributed by atoms with Gasteiger partial charge in [0.25, 0.3) is 0 Å². The maximum absolute atomic E-state index is 12.6. The summed E-state index contributed by atoms with van der Waals surface area (Å²) in [6.45, 7) is 4.33. The van der Waals surface area contributed by atoms with E-state index in [9.17, 15) is 9.59 Å². The SMILES string of the molecule is CC[C@@H](C)c1ccc([C@@H](NC(=O)Cn2cccnc2=O)c2cccs2)cc1. The second-order valence-corrected chi connectivity index (χ2v) is 7.50. The molecule has 0 saturated carbocycles. The molecule has 0 spiro atoms. The van der Waals surface area contributed by atoms with Gasteiger partial charge in [-0.3, -0.25) is 9.36 Å². The molecule has 2 atom stereocenters. The molecule has 3 rings (SSSR count). The van der Waals surface area contributed by atoms with Gasteiger partial charge in [0.05, 0.1) is 6.04 Å². The van der Waals surface area contributed by atoms with Crippen LogP contribution in [0.15, 0.2) is 65.0 Å². The molecule has 27 heavy (non-hydrogen) atoms. The Labute approximate surface area is 162 Å². The fraction of sp³-hybridized carbons (Fsp3) is 0.286. The third-order valence-corrected chi connectivity index (χ3v) is 5.62.